The van der Waals surface area contributed by atoms with Gasteiger partial charge in [0.25, 0.3) is 0 Å². The number of nitrogens with one attached hydrogen (secondary N) is 4. The van der Waals surface area contributed by atoms with Crippen LogP contribution in [-0.4, -0.2) is 54.2 Å². The molecule has 1 rings (SSSR count). The standard InChI is InChI=1S/C22H38N6O3/c1-8-22(9-2,28-20(30)31-21(4,5)6)15-26-19(23-7)24-13-12-18(29)27-17-11-10-16(3)14-25-17/h10-11,14H,8-9,12-13,15H2,1-7H3,(H,28,30)(H2,23,24,26)(H,25,27,29). The van der Waals surface area contributed by atoms with E-state index in [-0.39, 0.29) is 12.3 Å². The van der Waals surface area contributed by atoms with Gasteiger partial charge in [0, 0.05) is 32.8 Å². The van der Waals surface area contributed by atoms with Crippen molar-refractivity contribution in [1.29, 1.82) is 0 Å². The molecule has 1 heterocycles. The largest absolute Gasteiger partial charge is 0.444 e. The minimum Gasteiger partial charge on any atom is -0.444 e. The highest BCUT2D eigenvalue weighted by Crippen LogP contribution is 2.16. The molecule has 9 heteroatoms. The number of aliphatic imine (C=N–C) groups is 1. The summed E-state index contributed by atoms with van der Waals surface area (Å²) in [7, 11) is 1.66. The Morgan fingerprint density at radius 1 is 1.13 bits per heavy atom. The van der Waals surface area contributed by atoms with E-state index in [0.717, 1.165) is 18.4 Å². The summed E-state index contributed by atoms with van der Waals surface area (Å²) >= 11 is 0. The Morgan fingerprint density at radius 2 is 1.81 bits per heavy atom. The second-order valence-corrected chi connectivity index (χ2v) is 8.49. The summed E-state index contributed by atoms with van der Waals surface area (Å²) in [6.07, 6.45) is 2.97. The van der Waals surface area contributed by atoms with E-state index in [1.54, 1.807) is 19.3 Å². The summed E-state index contributed by atoms with van der Waals surface area (Å²) in [4.78, 5) is 32.7. The monoisotopic (exact) mass is 434 g/mol. The molecule has 0 aliphatic heterocycles. The average molecular weight is 435 g/mol. The van der Waals surface area contributed by atoms with E-state index >= 15 is 0 Å². The number of carbonyl (C=O) groups excluding carboxylic acids is 2. The maximum Gasteiger partial charge on any atom is 0.408 e. The molecule has 1 aromatic rings. The Hall–Kier alpha value is -2.84. The van der Waals surface area contributed by atoms with Crippen molar-refractivity contribution in [2.75, 3.05) is 25.5 Å². The Kier molecular flexibility index (Phi) is 10.2. The number of pyridine rings is 1. The predicted octanol–water partition coefficient (Wildman–Crippen LogP) is 2.97. The fraction of sp³-hybridized carbons (Fsp3) is 0.636. The molecule has 31 heavy (non-hydrogen) atoms. The molecule has 174 valence electrons. The molecule has 0 aromatic carbocycles. The number of anilines is 1. The Labute approximate surface area is 185 Å². The van der Waals surface area contributed by atoms with Gasteiger partial charge in [-0.2, -0.15) is 0 Å². The van der Waals surface area contributed by atoms with Crippen LogP contribution in [0.2, 0.25) is 0 Å². The van der Waals surface area contributed by atoms with Gasteiger partial charge in [0.05, 0.1) is 5.54 Å². The van der Waals surface area contributed by atoms with Gasteiger partial charge in [-0.15, -0.1) is 0 Å². The zero-order chi connectivity index (χ0) is 23.5. The number of ether oxygens (including phenoxy) is 1. The van der Waals surface area contributed by atoms with Gasteiger partial charge in [-0.3, -0.25) is 9.79 Å². The molecule has 0 bridgehead atoms. The van der Waals surface area contributed by atoms with Gasteiger partial charge in [-0.25, -0.2) is 9.78 Å². The van der Waals surface area contributed by atoms with Crippen LogP contribution in [0, 0.1) is 6.92 Å². The van der Waals surface area contributed by atoms with Crippen LogP contribution >= 0.6 is 0 Å². The molecule has 4 N–H and O–H groups in total. The van der Waals surface area contributed by atoms with Crippen LogP contribution in [0.4, 0.5) is 10.6 Å². The highest BCUT2D eigenvalue weighted by Gasteiger charge is 2.30. The molecule has 0 fully saturated rings. The van der Waals surface area contributed by atoms with Gasteiger partial charge in [0.2, 0.25) is 5.91 Å². The van der Waals surface area contributed by atoms with Crippen molar-refractivity contribution >= 4 is 23.8 Å². The number of nitrogens with zero attached hydrogens (tertiary/aromatic N) is 2. The minimum atomic E-state index is -0.559. The summed E-state index contributed by atoms with van der Waals surface area (Å²) in [5, 5.41) is 12.1. The zero-order valence-electron chi connectivity index (χ0n) is 19.9. The number of hydrogen-bond donors (Lipinski definition) is 4. The molecule has 0 aliphatic rings. The van der Waals surface area contributed by atoms with Crippen LogP contribution in [0.25, 0.3) is 0 Å². The normalized spacial score (nSPS) is 12.2. The smallest absolute Gasteiger partial charge is 0.408 e. The second-order valence-electron chi connectivity index (χ2n) is 8.49. The molecular weight excluding hydrogens is 396 g/mol. The topological polar surface area (TPSA) is 117 Å². The van der Waals surface area contributed by atoms with Crippen molar-refractivity contribution in [3.05, 3.63) is 23.9 Å². The SMILES string of the molecule is CCC(CC)(CNC(=NC)NCCC(=O)Nc1ccc(C)cn1)NC(=O)OC(C)(C)C. The number of guanidine groups is 1. The molecule has 0 unspecified atom stereocenters. The number of rotatable bonds is 9. The number of aryl methyl sites for hydroxylation is 1. The number of amides is 2. The van der Waals surface area contributed by atoms with Crippen LogP contribution in [0.1, 0.15) is 59.4 Å². The number of aromatic nitrogens is 1. The van der Waals surface area contributed by atoms with E-state index in [2.05, 4.69) is 31.2 Å². The van der Waals surface area contributed by atoms with Crippen molar-refractivity contribution in [2.24, 2.45) is 4.99 Å². The van der Waals surface area contributed by atoms with Crippen LogP contribution in [0.5, 0.6) is 0 Å². The molecule has 0 radical (unpaired) electrons. The van der Waals surface area contributed by atoms with E-state index in [9.17, 15) is 9.59 Å². The van der Waals surface area contributed by atoms with Gasteiger partial charge in [0.1, 0.15) is 11.4 Å². The minimum absolute atomic E-state index is 0.137. The lowest BCUT2D eigenvalue weighted by atomic mass is 9.93. The lowest BCUT2D eigenvalue weighted by molar-refractivity contribution is -0.116. The number of hydrogen-bond acceptors (Lipinski definition) is 5. The first-order valence-corrected chi connectivity index (χ1v) is 10.7. The first-order chi connectivity index (χ1) is 14.5. The van der Waals surface area contributed by atoms with Gasteiger partial charge < -0.3 is 26.0 Å². The Balaban J connectivity index is 2.51. The molecule has 9 nitrogen and oxygen atoms in total. The predicted molar refractivity (Wildman–Crippen MR) is 124 cm³/mol. The Morgan fingerprint density at radius 3 is 2.32 bits per heavy atom. The third-order valence-corrected chi connectivity index (χ3v) is 4.76. The molecular formula is C22H38N6O3. The van der Waals surface area contributed by atoms with E-state index in [1.807, 2.05) is 47.6 Å². The summed E-state index contributed by atoms with van der Waals surface area (Å²) in [6.45, 7) is 12.4. The van der Waals surface area contributed by atoms with Crippen molar-refractivity contribution in [2.45, 2.75) is 71.9 Å². The maximum atomic E-state index is 12.3. The number of alkyl carbamates (subject to hydrolysis) is 1. The molecule has 0 saturated carbocycles. The van der Waals surface area contributed by atoms with E-state index < -0.39 is 17.2 Å². The van der Waals surface area contributed by atoms with E-state index in [1.165, 1.54) is 0 Å². The van der Waals surface area contributed by atoms with Crippen LogP contribution in [0.15, 0.2) is 23.3 Å². The van der Waals surface area contributed by atoms with Crippen molar-refractivity contribution in [3.8, 4) is 0 Å². The summed E-state index contributed by atoms with van der Waals surface area (Å²) in [6, 6.07) is 3.67. The fourth-order valence-electron chi connectivity index (χ4n) is 2.76. The Bertz CT molecular complexity index is 737. The quantitative estimate of drug-likeness (QED) is 0.351. The maximum absolute atomic E-state index is 12.3. The van der Waals surface area contributed by atoms with Crippen molar-refractivity contribution in [3.63, 3.8) is 0 Å². The summed E-state index contributed by atoms with van der Waals surface area (Å²) in [5.74, 6) is 0.947. The molecule has 0 aliphatic carbocycles. The van der Waals surface area contributed by atoms with Gasteiger partial charge in [0.15, 0.2) is 5.96 Å². The molecule has 0 spiro atoms. The first kappa shape index (κ1) is 26.2. The van der Waals surface area contributed by atoms with Crippen LogP contribution in [-0.2, 0) is 9.53 Å². The highest BCUT2D eigenvalue weighted by atomic mass is 16.6. The molecule has 0 atom stereocenters. The second kappa shape index (κ2) is 12.1. The lowest BCUT2D eigenvalue weighted by Crippen LogP contribution is -2.57. The van der Waals surface area contributed by atoms with E-state index in [0.29, 0.717) is 24.9 Å². The fourth-order valence-corrected chi connectivity index (χ4v) is 2.76. The van der Waals surface area contributed by atoms with Crippen LogP contribution in [0.3, 0.4) is 0 Å². The van der Waals surface area contributed by atoms with Gasteiger partial charge in [-0.1, -0.05) is 19.9 Å². The third kappa shape index (κ3) is 10.1. The van der Waals surface area contributed by atoms with Gasteiger partial charge in [-0.05, 0) is 52.2 Å². The van der Waals surface area contributed by atoms with E-state index in [4.69, 9.17) is 4.74 Å². The summed E-state index contributed by atoms with van der Waals surface area (Å²) in [5.41, 5.74) is -0.00300. The third-order valence-electron chi connectivity index (χ3n) is 4.76. The highest BCUT2D eigenvalue weighted by molar-refractivity contribution is 5.90. The van der Waals surface area contributed by atoms with Crippen LogP contribution < -0.4 is 21.3 Å². The number of carbonyl (C=O) groups is 2. The summed E-state index contributed by atoms with van der Waals surface area (Å²) < 4.78 is 5.40. The van der Waals surface area contributed by atoms with Crippen molar-refractivity contribution in [1.82, 2.24) is 20.9 Å². The zero-order valence-corrected chi connectivity index (χ0v) is 19.9. The average Bonchev–Trinajstić information content (AvgIpc) is 2.69. The molecule has 1 aromatic heterocycles. The first-order valence-electron chi connectivity index (χ1n) is 10.7. The van der Waals surface area contributed by atoms with Crippen molar-refractivity contribution < 1.29 is 14.3 Å². The lowest BCUT2D eigenvalue weighted by Gasteiger charge is -2.34. The van der Waals surface area contributed by atoms with Gasteiger partial charge >= 0.3 is 6.09 Å². The molecule has 2 amide bonds. The molecule has 0 saturated heterocycles.